The summed E-state index contributed by atoms with van der Waals surface area (Å²) in [4.78, 5) is 11.4. The zero-order chi connectivity index (χ0) is 13.3. The number of esters is 1. The highest BCUT2D eigenvalue weighted by Gasteiger charge is 2.16. The summed E-state index contributed by atoms with van der Waals surface area (Å²) in [6.07, 6.45) is 1.33. The summed E-state index contributed by atoms with van der Waals surface area (Å²) in [5.74, 6) is -1.29. The largest absolute Gasteiger partial charge is 0.493 e. The SMILES string of the molecule is COC(=O)c1ccc(F)c(-c2cnn(C)c2O)c1. The number of carbonyl (C=O) groups is 1. The van der Waals surface area contributed by atoms with E-state index in [0.717, 1.165) is 6.07 Å². The van der Waals surface area contributed by atoms with E-state index >= 15 is 0 Å². The van der Waals surface area contributed by atoms with Crippen LogP contribution in [0.5, 0.6) is 5.88 Å². The number of aromatic hydroxyl groups is 1. The van der Waals surface area contributed by atoms with Gasteiger partial charge in [-0.3, -0.25) is 0 Å². The van der Waals surface area contributed by atoms with Gasteiger partial charge in [0.25, 0.3) is 0 Å². The third-order valence-corrected chi connectivity index (χ3v) is 2.59. The van der Waals surface area contributed by atoms with Crippen molar-refractivity contribution in [3.05, 3.63) is 35.8 Å². The van der Waals surface area contributed by atoms with Gasteiger partial charge in [0.1, 0.15) is 5.82 Å². The molecule has 0 atom stereocenters. The molecule has 1 N–H and O–H groups in total. The Bertz CT molecular complexity index is 607. The van der Waals surface area contributed by atoms with E-state index < -0.39 is 11.8 Å². The van der Waals surface area contributed by atoms with Gasteiger partial charge >= 0.3 is 5.97 Å². The minimum absolute atomic E-state index is 0.100. The van der Waals surface area contributed by atoms with E-state index in [1.165, 1.54) is 37.2 Å². The maximum absolute atomic E-state index is 13.7. The summed E-state index contributed by atoms with van der Waals surface area (Å²) < 4.78 is 19.5. The van der Waals surface area contributed by atoms with Crippen LogP contribution in [0.1, 0.15) is 10.4 Å². The van der Waals surface area contributed by atoms with Crippen molar-refractivity contribution in [2.24, 2.45) is 7.05 Å². The van der Waals surface area contributed by atoms with Crippen LogP contribution in [0.3, 0.4) is 0 Å². The molecule has 0 fully saturated rings. The van der Waals surface area contributed by atoms with Gasteiger partial charge in [-0.1, -0.05) is 0 Å². The molecule has 2 rings (SSSR count). The lowest BCUT2D eigenvalue weighted by Crippen LogP contribution is -2.01. The maximum Gasteiger partial charge on any atom is 0.337 e. The number of benzene rings is 1. The van der Waals surface area contributed by atoms with E-state index in [1.807, 2.05) is 0 Å². The number of ether oxygens (including phenoxy) is 1. The number of hydrogen-bond acceptors (Lipinski definition) is 4. The minimum atomic E-state index is -0.570. The van der Waals surface area contributed by atoms with Crippen LogP contribution in [0.2, 0.25) is 0 Å². The number of nitrogens with zero attached hydrogens (tertiary/aromatic N) is 2. The molecule has 0 aliphatic rings. The van der Waals surface area contributed by atoms with E-state index in [9.17, 15) is 14.3 Å². The van der Waals surface area contributed by atoms with Gasteiger partial charge in [0, 0.05) is 12.6 Å². The molecule has 0 radical (unpaired) electrons. The first kappa shape index (κ1) is 12.1. The van der Waals surface area contributed by atoms with Crippen LogP contribution in [-0.4, -0.2) is 28.0 Å². The summed E-state index contributed by atoms with van der Waals surface area (Å²) in [7, 11) is 2.77. The summed E-state index contributed by atoms with van der Waals surface area (Å²) in [5.41, 5.74) is 0.529. The highest BCUT2D eigenvalue weighted by atomic mass is 19.1. The number of halogens is 1. The molecule has 1 heterocycles. The lowest BCUT2D eigenvalue weighted by atomic mass is 10.1. The van der Waals surface area contributed by atoms with Crippen LogP contribution in [0.4, 0.5) is 4.39 Å². The van der Waals surface area contributed by atoms with Crippen molar-refractivity contribution in [3.8, 4) is 17.0 Å². The third-order valence-electron chi connectivity index (χ3n) is 2.59. The summed E-state index contributed by atoms with van der Waals surface area (Å²) >= 11 is 0. The number of methoxy groups -OCH3 is 1. The van der Waals surface area contributed by atoms with Crippen molar-refractivity contribution < 1.29 is 19.0 Å². The van der Waals surface area contributed by atoms with Crippen molar-refractivity contribution in [2.45, 2.75) is 0 Å². The smallest absolute Gasteiger partial charge is 0.337 e. The highest BCUT2D eigenvalue weighted by molar-refractivity contribution is 5.91. The molecule has 0 bridgehead atoms. The second-order valence-corrected chi connectivity index (χ2v) is 3.69. The average molecular weight is 250 g/mol. The molecule has 0 aliphatic carbocycles. The predicted molar refractivity (Wildman–Crippen MR) is 61.6 cm³/mol. The van der Waals surface area contributed by atoms with Crippen molar-refractivity contribution in [1.82, 2.24) is 9.78 Å². The number of hydrogen-bond donors (Lipinski definition) is 1. The Balaban J connectivity index is 2.57. The Morgan fingerprint density at radius 3 is 2.72 bits per heavy atom. The molecule has 0 unspecified atom stereocenters. The number of rotatable bonds is 2. The Morgan fingerprint density at radius 2 is 2.17 bits per heavy atom. The fraction of sp³-hybridized carbons (Fsp3) is 0.167. The van der Waals surface area contributed by atoms with E-state index in [0.29, 0.717) is 0 Å². The zero-order valence-corrected chi connectivity index (χ0v) is 9.85. The first-order valence-electron chi connectivity index (χ1n) is 5.13. The van der Waals surface area contributed by atoms with Crippen LogP contribution in [0.25, 0.3) is 11.1 Å². The second-order valence-electron chi connectivity index (χ2n) is 3.69. The Kier molecular flexibility index (Phi) is 3.01. The van der Waals surface area contributed by atoms with Crippen LogP contribution in [0.15, 0.2) is 24.4 Å². The van der Waals surface area contributed by atoms with E-state index in [2.05, 4.69) is 9.84 Å². The molecule has 2 aromatic rings. The lowest BCUT2D eigenvalue weighted by Gasteiger charge is -2.04. The van der Waals surface area contributed by atoms with Gasteiger partial charge in [0.15, 0.2) is 0 Å². The maximum atomic E-state index is 13.7. The molecule has 0 aliphatic heterocycles. The summed E-state index contributed by atoms with van der Waals surface area (Å²) in [6.45, 7) is 0. The molecular weight excluding hydrogens is 239 g/mol. The van der Waals surface area contributed by atoms with Crippen molar-refractivity contribution in [1.29, 1.82) is 0 Å². The molecule has 6 heteroatoms. The van der Waals surface area contributed by atoms with Crippen LogP contribution >= 0.6 is 0 Å². The molecule has 0 amide bonds. The normalized spacial score (nSPS) is 10.4. The van der Waals surface area contributed by atoms with Gasteiger partial charge in [0.05, 0.1) is 24.4 Å². The quantitative estimate of drug-likeness (QED) is 0.824. The number of aromatic nitrogens is 2. The topological polar surface area (TPSA) is 64.3 Å². The van der Waals surface area contributed by atoms with E-state index in [1.54, 1.807) is 0 Å². The van der Waals surface area contributed by atoms with Crippen molar-refractivity contribution in [2.75, 3.05) is 7.11 Å². The molecule has 0 spiro atoms. The zero-order valence-electron chi connectivity index (χ0n) is 9.85. The van der Waals surface area contributed by atoms with Crippen molar-refractivity contribution >= 4 is 5.97 Å². The monoisotopic (exact) mass is 250 g/mol. The molecule has 94 valence electrons. The molecule has 5 nitrogen and oxygen atoms in total. The summed E-state index contributed by atoms with van der Waals surface area (Å²) in [6, 6.07) is 3.78. The number of aryl methyl sites for hydroxylation is 1. The van der Waals surface area contributed by atoms with Gasteiger partial charge in [-0.05, 0) is 18.2 Å². The van der Waals surface area contributed by atoms with E-state index in [-0.39, 0.29) is 22.6 Å². The first-order chi connectivity index (χ1) is 8.54. The van der Waals surface area contributed by atoms with Gasteiger partial charge in [-0.15, -0.1) is 0 Å². The van der Waals surface area contributed by atoms with Gasteiger partial charge in [-0.2, -0.15) is 5.10 Å². The Labute approximate surface area is 102 Å². The van der Waals surface area contributed by atoms with Crippen LogP contribution in [-0.2, 0) is 11.8 Å². The minimum Gasteiger partial charge on any atom is -0.493 e. The van der Waals surface area contributed by atoms with Crippen molar-refractivity contribution in [3.63, 3.8) is 0 Å². The molecule has 1 aromatic heterocycles. The fourth-order valence-electron chi connectivity index (χ4n) is 1.60. The predicted octanol–water partition coefficient (Wildman–Crippen LogP) is 1.72. The molecule has 0 saturated heterocycles. The van der Waals surface area contributed by atoms with E-state index in [4.69, 9.17) is 0 Å². The number of carbonyl (C=O) groups excluding carboxylic acids is 1. The Hall–Kier alpha value is -2.37. The third kappa shape index (κ3) is 1.92. The highest BCUT2D eigenvalue weighted by Crippen LogP contribution is 2.31. The standard InChI is InChI=1S/C12H11FN2O3/c1-15-11(16)9(6-14-15)8-5-7(12(17)18-2)3-4-10(8)13/h3-6,16H,1-2H3. The lowest BCUT2D eigenvalue weighted by molar-refractivity contribution is 0.0600. The molecule has 0 saturated carbocycles. The molecule has 18 heavy (non-hydrogen) atoms. The second kappa shape index (κ2) is 4.48. The van der Waals surface area contributed by atoms with Gasteiger partial charge in [-0.25, -0.2) is 13.9 Å². The fourth-order valence-corrected chi connectivity index (χ4v) is 1.60. The molecular formula is C12H11FN2O3. The van der Waals surface area contributed by atoms with Crippen LogP contribution in [0, 0.1) is 5.82 Å². The van der Waals surface area contributed by atoms with Gasteiger partial charge in [0.2, 0.25) is 5.88 Å². The summed E-state index contributed by atoms with van der Waals surface area (Å²) in [5, 5.41) is 13.5. The Morgan fingerprint density at radius 1 is 1.44 bits per heavy atom. The first-order valence-corrected chi connectivity index (χ1v) is 5.13. The average Bonchev–Trinajstić information content (AvgIpc) is 2.70. The molecule has 1 aromatic carbocycles. The van der Waals surface area contributed by atoms with Crippen LogP contribution < -0.4 is 0 Å². The van der Waals surface area contributed by atoms with Gasteiger partial charge < -0.3 is 9.84 Å².